The maximum atomic E-state index is 11.1. The first-order valence-corrected chi connectivity index (χ1v) is 4.82. The lowest BCUT2D eigenvalue weighted by molar-refractivity contribution is 0.0696. The largest absolute Gasteiger partial charge is 0.478 e. The van der Waals surface area contributed by atoms with E-state index in [2.05, 4.69) is 10.1 Å². The van der Waals surface area contributed by atoms with Crippen molar-refractivity contribution in [2.45, 2.75) is 13.8 Å². The summed E-state index contributed by atoms with van der Waals surface area (Å²) < 4.78 is 1.54. The molecule has 0 atom stereocenters. The van der Waals surface area contributed by atoms with E-state index >= 15 is 0 Å². The monoisotopic (exact) mass is 217 g/mol. The third-order valence-corrected chi connectivity index (χ3v) is 2.24. The van der Waals surface area contributed by atoms with Crippen molar-refractivity contribution in [3.63, 3.8) is 0 Å². The second-order valence-corrected chi connectivity index (χ2v) is 3.44. The Hall–Kier alpha value is -2.17. The van der Waals surface area contributed by atoms with E-state index in [-0.39, 0.29) is 5.56 Å². The number of carbonyl (C=O) groups is 1. The Kier molecular flexibility index (Phi) is 2.44. The lowest BCUT2D eigenvalue weighted by atomic mass is 10.2. The van der Waals surface area contributed by atoms with Crippen LogP contribution in [0.4, 0.5) is 0 Å². The zero-order chi connectivity index (χ0) is 11.7. The second-order valence-electron chi connectivity index (χ2n) is 3.44. The number of aromatic carboxylic acids is 1. The molecule has 16 heavy (non-hydrogen) atoms. The second kappa shape index (κ2) is 3.77. The van der Waals surface area contributed by atoms with Crippen molar-refractivity contribution >= 4 is 5.97 Å². The van der Waals surface area contributed by atoms with Crippen molar-refractivity contribution < 1.29 is 9.90 Å². The highest BCUT2D eigenvalue weighted by Crippen LogP contribution is 2.15. The van der Waals surface area contributed by atoms with Gasteiger partial charge in [0.15, 0.2) is 0 Å². The van der Waals surface area contributed by atoms with Gasteiger partial charge in [-0.1, -0.05) is 12.1 Å². The van der Waals surface area contributed by atoms with E-state index in [1.807, 2.05) is 0 Å². The molecule has 0 fully saturated rings. The SMILES string of the molecule is Cc1nc(C)n(-c2ccccc2C(=O)O)n1. The molecule has 1 aromatic carbocycles. The van der Waals surface area contributed by atoms with Crippen molar-refractivity contribution in [1.29, 1.82) is 0 Å². The molecule has 0 aliphatic rings. The van der Waals surface area contributed by atoms with Crippen LogP contribution in [-0.2, 0) is 0 Å². The fraction of sp³-hybridized carbons (Fsp3) is 0.182. The van der Waals surface area contributed by atoms with Crippen LogP contribution in [-0.4, -0.2) is 25.8 Å². The highest BCUT2D eigenvalue weighted by Gasteiger charge is 2.13. The van der Waals surface area contributed by atoms with Gasteiger partial charge in [0, 0.05) is 0 Å². The molecule has 0 amide bonds. The molecule has 5 heteroatoms. The Morgan fingerprint density at radius 2 is 2.00 bits per heavy atom. The van der Waals surface area contributed by atoms with Crippen molar-refractivity contribution in [2.75, 3.05) is 0 Å². The van der Waals surface area contributed by atoms with Gasteiger partial charge >= 0.3 is 5.97 Å². The lowest BCUT2D eigenvalue weighted by Crippen LogP contribution is -2.07. The van der Waals surface area contributed by atoms with Gasteiger partial charge in [-0.25, -0.2) is 14.5 Å². The van der Waals surface area contributed by atoms with E-state index in [0.29, 0.717) is 17.3 Å². The highest BCUT2D eigenvalue weighted by atomic mass is 16.4. The average Bonchev–Trinajstić information content (AvgIpc) is 2.57. The summed E-state index contributed by atoms with van der Waals surface area (Å²) in [7, 11) is 0. The van der Waals surface area contributed by atoms with E-state index in [4.69, 9.17) is 5.11 Å². The normalized spacial score (nSPS) is 10.4. The van der Waals surface area contributed by atoms with Crippen molar-refractivity contribution in [3.05, 3.63) is 41.5 Å². The molecule has 1 aromatic heterocycles. The van der Waals surface area contributed by atoms with E-state index in [9.17, 15) is 4.79 Å². The molecule has 0 saturated heterocycles. The zero-order valence-corrected chi connectivity index (χ0v) is 9.01. The Morgan fingerprint density at radius 1 is 1.31 bits per heavy atom. The van der Waals surface area contributed by atoms with Crippen LogP contribution in [0.25, 0.3) is 5.69 Å². The molecule has 1 heterocycles. The third kappa shape index (κ3) is 1.67. The summed E-state index contributed by atoms with van der Waals surface area (Å²) in [6, 6.07) is 6.73. The highest BCUT2D eigenvalue weighted by molar-refractivity contribution is 5.91. The van der Waals surface area contributed by atoms with E-state index in [1.165, 1.54) is 0 Å². The maximum absolute atomic E-state index is 11.1. The summed E-state index contributed by atoms with van der Waals surface area (Å²) in [6.07, 6.45) is 0. The fourth-order valence-corrected chi connectivity index (χ4v) is 1.59. The van der Waals surface area contributed by atoms with Crippen LogP contribution in [0, 0.1) is 13.8 Å². The lowest BCUT2D eigenvalue weighted by Gasteiger charge is -2.06. The quantitative estimate of drug-likeness (QED) is 0.829. The van der Waals surface area contributed by atoms with Gasteiger partial charge in [0.05, 0.1) is 11.3 Å². The summed E-state index contributed by atoms with van der Waals surface area (Å²) in [5, 5.41) is 13.2. The van der Waals surface area contributed by atoms with Gasteiger partial charge in [-0.2, -0.15) is 5.10 Å². The number of para-hydroxylation sites is 1. The maximum Gasteiger partial charge on any atom is 0.337 e. The number of hydrogen-bond acceptors (Lipinski definition) is 3. The number of aryl methyl sites for hydroxylation is 2. The smallest absolute Gasteiger partial charge is 0.337 e. The first-order chi connectivity index (χ1) is 7.59. The van der Waals surface area contributed by atoms with E-state index < -0.39 is 5.97 Å². The average molecular weight is 217 g/mol. The summed E-state index contributed by atoms with van der Waals surface area (Å²) in [4.78, 5) is 15.2. The van der Waals surface area contributed by atoms with Gasteiger partial charge in [-0.3, -0.25) is 0 Å². The molecule has 0 aliphatic heterocycles. The summed E-state index contributed by atoms with van der Waals surface area (Å²) in [6.45, 7) is 3.56. The van der Waals surface area contributed by atoms with Crippen molar-refractivity contribution in [3.8, 4) is 5.69 Å². The minimum atomic E-state index is -0.969. The minimum absolute atomic E-state index is 0.218. The van der Waals surface area contributed by atoms with Crippen LogP contribution < -0.4 is 0 Å². The van der Waals surface area contributed by atoms with Crippen LogP contribution in [0.15, 0.2) is 24.3 Å². The number of carboxylic acids is 1. The molecule has 2 aromatic rings. The minimum Gasteiger partial charge on any atom is -0.478 e. The molecule has 2 rings (SSSR count). The van der Waals surface area contributed by atoms with Gasteiger partial charge in [0.1, 0.15) is 11.6 Å². The number of nitrogens with zero attached hydrogens (tertiary/aromatic N) is 3. The molecular weight excluding hydrogens is 206 g/mol. The number of benzene rings is 1. The number of rotatable bonds is 2. The molecule has 5 nitrogen and oxygen atoms in total. The summed E-state index contributed by atoms with van der Waals surface area (Å²) in [5.41, 5.74) is 0.753. The molecule has 0 radical (unpaired) electrons. The van der Waals surface area contributed by atoms with Gasteiger partial charge in [0.25, 0.3) is 0 Å². The molecule has 0 saturated carbocycles. The zero-order valence-electron chi connectivity index (χ0n) is 9.01. The van der Waals surface area contributed by atoms with Crippen LogP contribution in [0.2, 0.25) is 0 Å². The van der Waals surface area contributed by atoms with Crippen LogP contribution >= 0.6 is 0 Å². The molecular formula is C11H11N3O2. The van der Waals surface area contributed by atoms with E-state index in [0.717, 1.165) is 0 Å². The predicted molar refractivity (Wildman–Crippen MR) is 57.8 cm³/mol. The first kappa shape index (κ1) is 10.4. The molecule has 0 spiro atoms. The van der Waals surface area contributed by atoms with Gasteiger partial charge in [0.2, 0.25) is 0 Å². The Balaban J connectivity index is 2.64. The Labute approximate surface area is 92.4 Å². The molecule has 1 N–H and O–H groups in total. The summed E-state index contributed by atoms with van der Waals surface area (Å²) in [5.74, 6) is 0.326. The van der Waals surface area contributed by atoms with Crippen molar-refractivity contribution in [2.24, 2.45) is 0 Å². The topological polar surface area (TPSA) is 68.0 Å². The van der Waals surface area contributed by atoms with Gasteiger partial charge in [-0.15, -0.1) is 0 Å². The fourth-order valence-electron chi connectivity index (χ4n) is 1.59. The van der Waals surface area contributed by atoms with Crippen LogP contribution in [0.5, 0.6) is 0 Å². The number of aromatic nitrogens is 3. The Bertz CT molecular complexity index is 546. The van der Waals surface area contributed by atoms with Gasteiger partial charge < -0.3 is 5.11 Å². The molecule has 0 aliphatic carbocycles. The third-order valence-electron chi connectivity index (χ3n) is 2.24. The number of hydrogen-bond donors (Lipinski definition) is 1. The van der Waals surface area contributed by atoms with Crippen LogP contribution in [0.1, 0.15) is 22.0 Å². The van der Waals surface area contributed by atoms with Gasteiger partial charge in [-0.05, 0) is 26.0 Å². The first-order valence-electron chi connectivity index (χ1n) is 4.82. The van der Waals surface area contributed by atoms with Crippen LogP contribution in [0.3, 0.4) is 0 Å². The summed E-state index contributed by atoms with van der Waals surface area (Å²) >= 11 is 0. The van der Waals surface area contributed by atoms with Crippen molar-refractivity contribution in [1.82, 2.24) is 14.8 Å². The molecule has 0 bridgehead atoms. The number of carboxylic acid groups (broad SMARTS) is 1. The Morgan fingerprint density at radius 3 is 2.56 bits per heavy atom. The standard InChI is InChI=1S/C11H11N3O2/c1-7-12-8(2)14(13-7)10-6-4-3-5-9(10)11(15)16/h3-6H,1-2H3,(H,15,16). The predicted octanol–water partition coefficient (Wildman–Crippen LogP) is 1.58. The molecule has 82 valence electrons. The van der Waals surface area contributed by atoms with E-state index in [1.54, 1.807) is 42.8 Å². The molecule has 0 unspecified atom stereocenters.